The molecule has 6 nitrogen and oxygen atoms in total. The number of methoxy groups -OCH3 is 1. The SMILES string of the molecule is COc1cc(C)nc(NC(=O)Cc2ccccc2OC2CCCC2)n1. The zero-order chi connectivity index (χ0) is 17.6. The number of amides is 1. The number of rotatable bonds is 6. The van der Waals surface area contributed by atoms with Gasteiger partial charge >= 0.3 is 0 Å². The van der Waals surface area contributed by atoms with E-state index in [9.17, 15) is 4.79 Å². The minimum atomic E-state index is -0.185. The Labute approximate surface area is 147 Å². The zero-order valence-electron chi connectivity index (χ0n) is 14.6. The van der Waals surface area contributed by atoms with Gasteiger partial charge in [-0.3, -0.25) is 10.1 Å². The molecular formula is C19H23N3O3. The quantitative estimate of drug-likeness (QED) is 0.873. The summed E-state index contributed by atoms with van der Waals surface area (Å²) >= 11 is 0. The number of benzene rings is 1. The van der Waals surface area contributed by atoms with Crippen LogP contribution in [0.25, 0.3) is 0 Å². The highest BCUT2D eigenvalue weighted by Crippen LogP contribution is 2.27. The molecule has 0 radical (unpaired) electrons. The van der Waals surface area contributed by atoms with Crippen LogP contribution in [0, 0.1) is 6.92 Å². The third-order valence-corrected chi connectivity index (χ3v) is 4.21. The molecule has 1 heterocycles. The van der Waals surface area contributed by atoms with E-state index in [1.54, 1.807) is 6.07 Å². The third-order valence-electron chi connectivity index (χ3n) is 4.21. The normalized spacial score (nSPS) is 14.3. The summed E-state index contributed by atoms with van der Waals surface area (Å²) < 4.78 is 11.2. The van der Waals surface area contributed by atoms with Crippen molar-refractivity contribution in [3.05, 3.63) is 41.6 Å². The molecule has 0 spiro atoms. The Morgan fingerprint density at radius 1 is 1.24 bits per heavy atom. The van der Waals surface area contributed by atoms with Gasteiger partial charge in [-0.15, -0.1) is 0 Å². The second-order valence-corrected chi connectivity index (χ2v) is 6.23. The molecule has 1 aromatic heterocycles. The average molecular weight is 341 g/mol. The molecule has 0 unspecified atom stereocenters. The molecule has 1 aromatic carbocycles. The monoisotopic (exact) mass is 341 g/mol. The number of anilines is 1. The molecule has 1 aliphatic carbocycles. The zero-order valence-corrected chi connectivity index (χ0v) is 14.6. The van der Waals surface area contributed by atoms with Gasteiger partial charge in [-0.25, -0.2) is 4.98 Å². The Balaban J connectivity index is 1.67. The number of aryl methyl sites for hydroxylation is 1. The first-order valence-corrected chi connectivity index (χ1v) is 8.58. The number of hydrogen-bond acceptors (Lipinski definition) is 5. The van der Waals surface area contributed by atoms with Crippen LogP contribution in [-0.2, 0) is 11.2 Å². The van der Waals surface area contributed by atoms with E-state index in [2.05, 4.69) is 15.3 Å². The van der Waals surface area contributed by atoms with E-state index < -0.39 is 0 Å². The van der Waals surface area contributed by atoms with E-state index in [0.717, 1.165) is 29.8 Å². The summed E-state index contributed by atoms with van der Waals surface area (Å²) in [6, 6.07) is 9.39. The molecule has 0 saturated heterocycles. The number of aromatic nitrogens is 2. The summed E-state index contributed by atoms with van der Waals surface area (Å²) in [6.45, 7) is 1.82. The van der Waals surface area contributed by atoms with Gasteiger partial charge < -0.3 is 9.47 Å². The molecule has 0 bridgehead atoms. The molecule has 6 heteroatoms. The minimum absolute atomic E-state index is 0.185. The lowest BCUT2D eigenvalue weighted by atomic mass is 10.1. The highest BCUT2D eigenvalue weighted by molar-refractivity contribution is 5.91. The van der Waals surface area contributed by atoms with Gasteiger partial charge in [0.15, 0.2) is 0 Å². The van der Waals surface area contributed by atoms with Gasteiger partial charge in [-0.1, -0.05) is 18.2 Å². The topological polar surface area (TPSA) is 73.3 Å². The van der Waals surface area contributed by atoms with Gasteiger partial charge in [-0.2, -0.15) is 4.98 Å². The summed E-state index contributed by atoms with van der Waals surface area (Å²) in [4.78, 5) is 20.8. The van der Waals surface area contributed by atoms with Gasteiger partial charge in [-0.05, 0) is 38.7 Å². The second kappa shape index (κ2) is 7.96. The van der Waals surface area contributed by atoms with Crippen molar-refractivity contribution >= 4 is 11.9 Å². The molecule has 3 rings (SSSR count). The van der Waals surface area contributed by atoms with Gasteiger partial charge in [0.25, 0.3) is 0 Å². The van der Waals surface area contributed by atoms with E-state index in [4.69, 9.17) is 9.47 Å². The summed E-state index contributed by atoms with van der Waals surface area (Å²) in [5.74, 6) is 1.27. The molecule has 0 atom stereocenters. The van der Waals surface area contributed by atoms with Crippen LogP contribution >= 0.6 is 0 Å². The number of para-hydroxylation sites is 1. The number of nitrogens with zero attached hydrogens (tertiary/aromatic N) is 2. The summed E-state index contributed by atoms with van der Waals surface area (Å²) in [6.07, 6.45) is 5.05. The van der Waals surface area contributed by atoms with Crippen LogP contribution in [0.4, 0.5) is 5.95 Å². The van der Waals surface area contributed by atoms with Crippen molar-refractivity contribution in [2.24, 2.45) is 0 Å². The number of hydrogen-bond donors (Lipinski definition) is 1. The number of carbonyl (C=O) groups is 1. The smallest absolute Gasteiger partial charge is 0.232 e. The molecule has 1 fully saturated rings. The van der Waals surface area contributed by atoms with Crippen molar-refractivity contribution in [1.82, 2.24) is 9.97 Å². The van der Waals surface area contributed by atoms with Crippen LogP contribution in [0.5, 0.6) is 11.6 Å². The van der Waals surface area contributed by atoms with Crippen molar-refractivity contribution in [2.45, 2.75) is 45.1 Å². The lowest BCUT2D eigenvalue weighted by molar-refractivity contribution is -0.115. The Bertz CT molecular complexity index is 742. The highest BCUT2D eigenvalue weighted by atomic mass is 16.5. The number of ether oxygens (including phenoxy) is 2. The molecule has 1 aliphatic rings. The largest absolute Gasteiger partial charge is 0.490 e. The Morgan fingerprint density at radius 2 is 2.00 bits per heavy atom. The van der Waals surface area contributed by atoms with Crippen molar-refractivity contribution < 1.29 is 14.3 Å². The Morgan fingerprint density at radius 3 is 2.76 bits per heavy atom. The number of carbonyl (C=O) groups excluding carboxylic acids is 1. The van der Waals surface area contributed by atoms with Crippen LogP contribution in [0.15, 0.2) is 30.3 Å². The van der Waals surface area contributed by atoms with E-state index >= 15 is 0 Å². The summed E-state index contributed by atoms with van der Waals surface area (Å²) in [5, 5.41) is 2.73. The molecule has 1 amide bonds. The van der Waals surface area contributed by atoms with Crippen LogP contribution in [0.2, 0.25) is 0 Å². The van der Waals surface area contributed by atoms with Crippen molar-refractivity contribution in [3.63, 3.8) is 0 Å². The lowest BCUT2D eigenvalue weighted by Gasteiger charge is -2.16. The van der Waals surface area contributed by atoms with Crippen LogP contribution in [0.1, 0.15) is 36.9 Å². The molecule has 1 saturated carbocycles. The molecular weight excluding hydrogens is 318 g/mol. The summed E-state index contributed by atoms with van der Waals surface area (Å²) in [7, 11) is 1.53. The maximum Gasteiger partial charge on any atom is 0.232 e. The number of nitrogens with one attached hydrogen (secondary N) is 1. The Kier molecular flexibility index (Phi) is 5.48. The van der Waals surface area contributed by atoms with Crippen molar-refractivity contribution in [3.8, 4) is 11.6 Å². The molecule has 132 valence electrons. The Hall–Kier alpha value is -2.63. The van der Waals surface area contributed by atoms with Crippen LogP contribution in [-0.4, -0.2) is 29.1 Å². The van der Waals surface area contributed by atoms with E-state index in [0.29, 0.717) is 5.88 Å². The van der Waals surface area contributed by atoms with Gasteiger partial charge in [0.05, 0.1) is 19.6 Å². The van der Waals surface area contributed by atoms with Crippen molar-refractivity contribution in [1.29, 1.82) is 0 Å². The van der Waals surface area contributed by atoms with Gasteiger partial charge in [0, 0.05) is 17.3 Å². The summed E-state index contributed by atoms with van der Waals surface area (Å²) in [5.41, 5.74) is 1.60. The van der Waals surface area contributed by atoms with Gasteiger partial charge in [0.2, 0.25) is 17.7 Å². The first kappa shape index (κ1) is 17.2. The molecule has 1 N–H and O–H groups in total. The molecule has 25 heavy (non-hydrogen) atoms. The minimum Gasteiger partial charge on any atom is -0.490 e. The maximum atomic E-state index is 12.4. The fourth-order valence-corrected chi connectivity index (χ4v) is 2.99. The van der Waals surface area contributed by atoms with E-state index in [1.165, 1.54) is 20.0 Å². The lowest BCUT2D eigenvalue weighted by Crippen LogP contribution is -2.18. The predicted molar refractivity (Wildman–Crippen MR) is 95.0 cm³/mol. The predicted octanol–water partition coefficient (Wildman–Crippen LogP) is 3.30. The first-order valence-electron chi connectivity index (χ1n) is 8.58. The van der Waals surface area contributed by atoms with Crippen molar-refractivity contribution in [2.75, 3.05) is 12.4 Å². The molecule has 0 aliphatic heterocycles. The van der Waals surface area contributed by atoms with Crippen LogP contribution < -0.4 is 14.8 Å². The second-order valence-electron chi connectivity index (χ2n) is 6.23. The first-order chi connectivity index (χ1) is 12.1. The fourth-order valence-electron chi connectivity index (χ4n) is 2.99. The van der Waals surface area contributed by atoms with E-state index in [1.807, 2.05) is 31.2 Å². The van der Waals surface area contributed by atoms with Crippen LogP contribution in [0.3, 0.4) is 0 Å². The van der Waals surface area contributed by atoms with Gasteiger partial charge in [0.1, 0.15) is 5.75 Å². The maximum absolute atomic E-state index is 12.4. The highest BCUT2D eigenvalue weighted by Gasteiger charge is 2.18. The third kappa shape index (κ3) is 4.68. The fraction of sp³-hybridized carbons (Fsp3) is 0.421. The van der Waals surface area contributed by atoms with E-state index in [-0.39, 0.29) is 24.4 Å². The molecule has 2 aromatic rings. The average Bonchev–Trinajstić information content (AvgIpc) is 3.09. The standard InChI is InChI=1S/C19H23N3O3/c1-13-11-18(24-2)22-19(20-13)21-17(23)12-14-7-3-6-10-16(14)25-15-8-4-5-9-15/h3,6-7,10-11,15H,4-5,8-9,12H2,1-2H3,(H,20,21,22,23).